The van der Waals surface area contributed by atoms with E-state index in [1.165, 1.54) is 22.0 Å². The van der Waals surface area contributed by atoms with Gasteiger partial charge in [-0.05, 0) is 48.9 Å². The number of hydrogen-bond acceptors (Lipinski definition) is 3. The van der Waals surface area contributed by atoms with Crippen molar-refractivity contribution < 1.29 is 4.57 Å². The molecular weight excluding hydrogens is 398 g/mol. The molecule has 3 aromatic rings. The fraction of sp³-hybridized carbons (Fsp3) is 0.261. The van der Waals surface area contributed by atoms with Gasteiger partial charge in [0.25, 0.3) is 5.82 Å². The van der Waals surface area contributed by atoms with Gasteiger partial charge in [-0.3, -0.25) is 14.3 Å². The molecule has 0 aliphatic heterocycles. The number of nitrogens with two attached hydrogens (primary N) is 1. The van der Waals surface area contributed by atoms with Crippen molar-refractivity contribution in [2.75, 3.05) is 12.3 Å². The van der Waals surface area contributed by atoms with Gasteiger partial charge in [-0.25, -0.2) is 0 Å². The highest BCUT2D eigenvalue weighted by Gasteiger charge is 2.30. The van der Waals surface area contributed by atoms with Crippen molar-refractivity contribution in [2.24, 2.45) is 5.92 Å². The first-order chi connectivity index (χ1) is 14.5. The fourth-order valence-electron chi connectivity index (χ4n) is 3.53. The van der Waals surface area contributed by atoms with E-state index in [1.807, 2.05) is 48.2 Å². The Morgan fingerprint density at radius 1 is 1.23 bits per heavy atom. The summed E-state index contributed by atoms with van der Waals surface area (Å²) in [6.45, 7) is 3.23. The molecule has 0 unspecified atom stereocenters. The van der Waals surface area contributed by atoms with Crippen LogP contribution in [0.4, 0.5) is 5.82 Å². The van der Waals surface area contributed by atoms with Crippen molar-refractivity contribution in [3.8, 4) is 5.69 Å². The van der Waals surface area contributed by atoms with Crippen molar-refractivity contribution in [3.63, 3.8) is 0 Å². The van der Waals surface area contributed by atoms with Crippen LogP contribution in [0.25, 0.3) is 5.69 Å². The van der Waals surface area contributed by atoms with E-state index in [2.05, 4.69) is 0 Å². The van der Waals surface area contributed by atoms with Gasteiger partial charge >= 0.3 is 11.5 Å². The lowest BCUT2D eigenvalue weighted by Gasteiger charge is -2.21. The van der Waals surface area contributed by atoms with E-state index in [0.717, 1.165) is 17.7 Å². The number of nitrogens with one attached hydrogen (secondary N) is 1. The summed E-state index contributed by atoms with van der Waals surface area (Å²) in [6.07, 6.45) is 5.66. The Kier molecular flexibility index (Phi) is 5.59. The number of benzene rings is 2. The van der Waals surface area contributed by atoms with Crippen molar-refractivity contribution in [3.05, 3.63) is 87.4 Å². The minimum atomic E-state index is -0.376. The number of aromatic nitrogens is 2. The average Bonchev–Trinajstić information content (AvgIpc) is 3.56. The third kappa shape index (κ3) is 4.09. The molecule has 154 valence electrons. The Balaban J connectivity index is 1.68. The van der Waals surface area contributed by atoms with Crippen LogP contribution >= 0.6 is 11.6 Å². The minimum Gasteiger partial charge on any atom is -0.330 e. The van der Waals surface area contributed by atoms with E-state index in [-0.39, 0.29) is 17.3 Å². The monoisotopic (exact) mass is 422 g/mol. The van der Waals surface area contributed by atoms with Gasteiger partial charge in [0.15, 0.2) is 0 Å². The van der Waals surface area contributed by atoms with Crippen molar-refractivity contribution in [1.82, 2.24) is 9.47 Å². The van der Waals surface area contributed by atoms with Crippen molar-refractivity contribution in [2.45, 2.75) is 26.3 Å². The molecule has 7 heteroatoms. The van der Waals surface area contributed by atoms with E-state index in [9.17, 15) is 4.79 Å². The second kappa shape index (κ2) is 8.32. The molecule has 4 rings (SSSR count). The molecule has 1 aliphatic carbocycles. The standard InChI is InChI=1S/C23H24ClN5O/c1-16-19(24)8-5-9-20(16)28-12-13-29(21(25)22(28)30)23(26)27(15-18-10-11-18)14-17-6-3-2-4-7-17/h2-9,12-13,18,25-26H,10-11,14-15H2,1H3/p+1. The molecule has 0 radical (unpaired) electrons. The van der Waals surface area contributed by atoms with E-state index < -0.39 is 0 Å². The topological polar surface area (TPSA) is 79.0 Å². The van der Waals surface area contributed by atoms with Crippen LogP contribution in [0.15, 0.2) is 65.7 Å². The third-order valence-electron chi connectivity index (χ3n) is 5.48. The van der Waals surface area contributed by atoms with Crippen LogP contribution in [-0.2, 0) is 6.54 Å². The predicted octanol–water partition coefficient (Wildman–Crippen LogP) is 3.36. The zero-order valence-corrected chi connectivity index (χ0v) is 17.6. The lowest BCUT2D eigenvalue weighted by Crippen LogP contribution is -2.57. The lowest BCUT2D eigenvalue weighted by atomic mass is 10.2. The van der Waals surface area contributed by atoms with Gasteiger partial charge in [0.05, 0.1) is 25.0 Å². The van der Waals surface area contributed by atoms with Gasteiger partial charge in [0.1, 0.15) is 0 Å². The van der Waals surface area contributed by atoms with Gasteiger partial charge in [0, 0.05) is 11.2 Å². The SMILES string of the molecule is Cc1c(Cl)cccc1-n1cc[n+](C(=N)N(Cc2ccccc2)CC2CC2)c(N)c1=O. The number of nitrogen functional groups attached to an aromatic ring is 1. The molecule has 2 aromatic carbocycles. The maximum atomic E-state index is 13.0. The van der Waals surface area contributed by atoms with Crippen LogP contribution < -0.4 is 15.9 Å². The number of nitrogens with zero attached hydrogens (tertiary/aromatic N) is 3. The molecule has 30 heavy (non-hydrogen) atoms. The van der Waals surface area contributed by atoms with Gasteiger partial charge < -0.3 is 5.73 Å². The summed E-state index contributed by atoms with van der Waals surface area (Å²) in [5.41, 5.74) is 8.43. The fourth-order valence-corrected chi connectivity index (χ4v) is 3.70. The minimum absolute atomic E-state index is 0.00395. The number of hydrogen-bond donors (Lipinski definition) is 2. The van der Waals surface area contributed by atoms with E-state index in [0.29, 0.717) is 23.2 Å². The smallest absolute Gasteiger partial charge is 0.330 e. The third-order valence-corrected chi connectivity index (χ3v) is 5.89. The first-order valence-electron chi connectivity index (χ1n) is 10.0. The Bertz CT molecular complexity index is 1140. The molecule has 6 nitrogen and oxygen atoms in total. The van der Waals surface area contributed by atoms with Crippen LogP contribution in [0.2, 0.25) is 5.02 Å². The first kappa shape index (κ1) is 20.2. The normalized spacial score (nSPS) is 13.3. The Hall–Kier alpha value is -3.12. The highest BCUT2D eigenvalue weighted by Crippen LogP contribution is 2.30. The molecular formula is C23H25ClN5O+. The molecule has 0 atom stereocenters. The summed E-state index contributed by atoms with van der Waals surface area (Å²) < 4.78 is 2.94. The molecule has 0 bridgehead atoms. The van der Waals surface area contributed by atoms with E-state index in [4.69, 9.17) is 22.7 Å². The van der Waals surface area contributed by atoms with Crippen LogP contribution in [0.1, 0.15) is 24.0 Å². The van der Waals surface area contributed by atoms with Crippen LogP contribution in [-0.4, -0.2) is 22.0 Å². The summed E-state index contributed by atoms with van der Waals surface area (Å²) in [5, 5.41) is 9.37. The quantitative estimate of drug-likeness (QED) is 0.376. The molecule has 1 aliphatic rings. The number of rotatable bonds is 5. The summed E-state index contributed by atoms with van der Waals surface area (Å²) in [6, 6.07) is 15.5. The summed E-state index contributed by atoms with van der Waals surface area (Å²) in [5.74, 6) is 0.788. The van der Waals surface area contributed by atoms with Crippen LogP contribution in [0.5, 0.6) is 0 Å². The molecule has 0 saturated heterocycles. The average molecular weight is 423 g/mol. The molecule has 3 N–H and O–H groups in total. The molecule has 1 saturated carbocycles. The molecule has 0 amide bonds. The van der Waals surface area contributed by atoms with Crippen molar-refractivity contribution >= 4 is 23.4 Å². The van der Waals surface area contributed by atoms with Crippen molar-refractivity contribution in [1.29, 1.82) is 5.41 Å². The zero-order chi connectivity index (χ0) is 21.3. The van der Waals surface area contributed by atoms with E-state index in [1.54, 1.807) is 24.5 Å². The predicted molar refractivity (Wildman–Crippen MR) is 119 cm³/mol. The van der Waals surface area contributed by atoms with Crippen LogP contribution in [0.3, 0.4) is 0 Å². The Morgan fingerprint density at radius 2 is 1.97 bits per heavy atom. The van der Waals surface area contributed by atoms with Crippen LogP contribution in [0, 0.1) is 18.3 Å². The maximum absolute atomic E-state index is 13.0. The number of halogens is 1. The molecule has 1 fully saturated rings. The summed E-state index contributed by atoms with van der Waals surface area (Å²) >= 11 is 6.22. The molecule has 1 aromatic heterocycles. The summed E-state index contributed by atoms with van der Waals surface area (Å²) in [7, 11) is 0. The molecule has 1 heterocycles. The van der Waals surface area contributed by atoms with Gasteiger partial charge in [-0.15, -0.1) is 0 Å². The van der Waals surface area contributed by atoms with Gasteiger partial charge in [-0.2, -0.15) is 9.98 Å². The summed E-state index contributed by atoms with van der Waals surface area (Å²) in [4.78, 5) is 15.0. The first-order valence-corrected chi connectivity index (χ1v) is 10.4. The second-order valence-electron chi connectivity index (χ2n) is 7.75. The highest BCUT2D eigenvalue weighted by molar-refractivity contribution is 6.31. The number of anilines is 1. The van der Waals surface area contributed by atoms with Gasteiger partial charge in [-0.1, -0.05) is 48.0 Å². The lowest BCUT2D eigenvalue weighted by molar-refractivity contribution is -0.552. The largest absolute Gasteiger partial charge is 0.347 e. The Labute approximate surface area is 180 Å². The van der Waals surface area contributed by atoms with Gasteiger partial charge in [0.2, 0.25) is 0 Å². The zero-order valence-electron chi connectivity index (χ0n) is 16.9. The highest BCUT2D eigenvalue weighted by atomic mass is 35.5. The Morgan fingerprint density at radius 3 is 2.67 bits per heavy atom. The van der Waals surface area contributed by atoms with E-state index >= 15 is 0 Å². The molecule has 0 spiro atoms. The second-order valence-corrected chi connectivity index (χ2v) is 8.15. The maximum Gasteiger partial charge on any atom is 0.347 e.